The van der Waals surface area contributed by atoms with Gasteiger partial charge in [0.15, 0.2) is 0 Å². The lowest BCUT2D eigenvalue weighted by atomic mass is 9.77. The molecule has 1 saturated carbocycles. The van der Waals surface area contributed by atoms with Gasteiger partial charge in [-0.25, -0.2) is 4.79 Å². The van der Waals surface area contributed by atoms with Gasteiger partial charge in [0.05, 0.1) is 5.56 Å². The highest BCUT2D eigenvalue weighted by molar-refractivity contribution is 5.87. The highest BCUT2D eigenvalue weighted by Crippen LogP contribution is 2.37. The predicted molar refractivity (Wildman–Crippen MR) is 77.6 cm³/mol. The van der Waals surface area contributed by atoms with Crippen molar-refractivity contribution in [2.24, 2.45) is 5.92 Å². The Balaban J connectivity index is 1.88. The van der Waals surface area contributed by atoms with Crippen molar-refractivity contribution in [1.82, 2.24) is 0 Å². The molecular formula is C17H24O2. The highest BCUT2D eigenvalue weighted by atomic mass is 16.4. The third-order valence-electron chi connectivity index (χ3n) is 4.44. The van der Waals surface area contributed by atoms with E-state index in [2.05, 4.69) is 6.92 Å². The molecule has 2 heteroatoms. The summed E-state index contributed by atoms with van der Waals surface area (Å²) in [4.78, 5) is 10.8. The van der Waals surface area contributed by atoms with Crippen LogP contribution >= 0.6 is 0 Å². The van der Waals surface area contributed by atoms with Crippen LogP contribution < -0.4 is 0 Å². The number of carbonyl (C=O) groups is 1. The first kappa shape index (κ1) is 14.1. The van der Waals surface area contributed by atoms with Crippen molar-refractivity contribution in [2.75, 3.05) is 0 Å². The van der Waals surface area contributed by atoms with E-state index in [1.54, 1.807) is 12.1 Å². The summed E-state index contributed by atoms with van der Waals surface area (Å²) in [5, 5.41) is 8.90. The first-order chi connectivity index (χ1) is 9.20. The molecule has 104 valence electrons. The van der Waals surface area contributed by atoms with Crippen molar-refractivity contribution in [3.63, 3.8) is 0 Å². The van der Waals surface area contributed by atoms with Crippen LogP contribution in [0.2, 0.25) is 0 Å². The molecule has 0 atom stereocenters. The van der Waals surface area contributed by atoms with Crippen LogP contribution in [0, 0.1) is 5.92 Å². The third-order valence-corrected chi connectivity index (χ3v) is 4.44. The van der Waals surface area contributed by atoms with Crippen molar-refractivity contribution < 1.29 is 9.90 Å². The number of hydrogen-bond donors (Lipinski definition) is 1. The summed E-state index contributed by atoms with van der Waals surface area (Å²) in [5.74, 6) is 0.727. The van der Waals surface area contributed by atoms with E-state index in [0.29, 0.717) is 11.5 Å². The average Bonchev–Trinajstić information content (AvgIpc) is 2.46. The quantitative estimate of drug-likeness (QED) is 0.821. The van der Waals surface area contributed by atoms with Gasteiger partial charge >= 0.3 is 5.97 Å². The Labute approximate surface area is 115 Å². The molecule has 1 N–H and O–H groups in total. The predicted octanol–water partition coefficient (Wildman–Crippen LogP) is 4.85. The molecule has 0 radical (unpaired) electrons. The molecule has 1 aromatic carbocycles. The Hall–Kier alpha value is -1.31. The molecule has 0 spiro atoms. The number of rotatable bonds is 5. The summed E-state index contributed by atoms with van der Waals surface area (Å²) < 4.78 is 0. The monoisotopic (exact) mass is 260 g/mol. The Kier molecular flexibility index (Phi) is 5.00. The van der Waals surface area contributed by atoms with Crippen LogP contribution in [-0.2, 0) is 0 Å². The highest BCUT2D eigenvalue weighted by Gasteiger charge is 2.22. The van der Waals surface area contributed by atoms with Crippen molar-refractivity contribution in [3.8, 4) is 0 Å². The van der Waals surface area contributed by atoms with Crippen molar-refractivity contribution >= 4 is 5.97 Å². The normalized spacial score (nSPS) is 23.2. The summed E-state index contributed by atoms with van der Waals surface area (Å²) in [6, 6.07) is 7.47. The molecule has 2 rings (SSSR count). The van der Waals surface area contributed by atoms with E-state index < -0.39 is 5.97 Å². The summed E-state index contributed by atoms with van der Waals surface area (Å²) in [5.41, 5.74) is 1.71. The van der Waals surface area contributed by atoms with Gasteiger partial charge in [0.2, 0.25) is 0 Å². The average molecular weight is 260 g/mol. The summed E-state index contributed by atoms with van der Waals surface area (Å²) in [6.45, 7) is 2.26. The van der Waals surface area contributed by atoms with E-state index in [1.165, 1.54) is 50.5 Å². The summed E-state index contributed by atoms with van der Waals surface area (Å²) >= 11 is 0. The van der Waals surface area contributed by atoms with Gasteiger partial charge in [-0.15, -0.1) is 0 Å². The second kappa shape index (κ2) is 6.74. The minimum atomic E-state index is -0.838. The molecule has 0 aliphatic heterocycles. The molecule has 0 saturated heterocycles. The molecular weight excluding hydrogens is 236 g/mol. The van der Waals surface area contributed by atoms with Crippen molar-refractivity contribution in [1.29, 1.82) is 0 Å². The van der Waals surface area contributed by atoms with Crippen LogP contribution in [0.4, 0.5) is 0 Å². The van der Waals surface area contributed by atoms with E-state index in [1.807, 2.05) is 12.1 Å². The largest absolute Gasteiger partial charge is 0.478 e. The van der Waals surface area contributed by atoms with Gasteiger partial charge < -0.3 is 5.11 Å². The molecule has 0 amide bonds. The minimum absolute atomic E-state index is 0.389. The standard InChI is InChI=1S/C17H24O2/c1-2-3-4-13-5-7-14(8-6-13)15-9-11-16(12-10-15)17(18)19/h9-14H,2-8H2,1H3,(H,18,19). The number of unbranched alkanes of at least 4 members (excludes halogenated alkanes) is 1. The SMILES string of the molecule is CCCCC1CCC(c2ccc(C(=O)O)cc2)CC1. The van der Waals surface area contributed by atoms with Crippen LogP contribution in [0.1, 0.15) is 73.7 Å². The fourth-order valence-electron chi connectivity index (χ4n) is 3.18. The first-order valence-corrected chi connectivity index (χ1v) is 7.54. The summed E-state index contributed by atoms with van der Waals surface area (Å²) in [7, 11) is 0. The lowest BCUT2D eigenvalue weighted by molar-refractivity contribution is 0.0697. The van der Waals surface area contributed by atoms with Gasteiger partial charge in [0, 0.05) is 0 Å². The molecule has 1 fully saturated rings. The fraction of sp³-hybridized carbons (Fsp3) is 0.588. The number of carboxylic acids is 1. The van der Waals surface area contributed by atoms with Gasteiger partial charge in [0.1, 0.15) is 0 Å². The van der Waals surface area contributed by atoms with Crippen LogP contribution in [-0.4, -0.2) is 11.1 Å². The maximum Gasteiger partial charge on any atom is 0.335 e. The second-order valence-corrected chi connectivity index (χ2v) is 5.79. The van der Waals surface area contributed by atoms with Crippen LogP contribution in [0.5, 0.6) is 0 Å². The van der Waals surface area contributed by atoms with Crippen LogP contribution in [0.25, 0.3) is 0 Å². The second-order valence-electron chi connectivity index (χ2n) is 5.79. The zero-order chi connectivity index (χ0) is 13.7. The van der Waals surface area contributed by atoms with E-state index in [-0.39, 0.29) is 0 Å². The van der Waals surface area contributed by atoms with E-state index in [9.17, 15) is 4.79 Å². The maximum absolute atomic E-state index is 10.8. The van der Waals surface area contributed by atoms with Crippen molar-refractivity contribution in [2.45, 2.75) is 57.8 Å². The molecule has 19 heavy (non-hydrogen) atoms. The molecule has 0 aromatic heterocycles. The fourth-order valence-corrected chi connectivity index (χ4v) is 3.18. The van der Waals surface area contributed by atoms with Crippen LogP contribution in [0.15, 0.2) is 24.3 Å². The molecule has 2 nitrogen and oxygen atoms in total. The van der Waals surface area contributed by atoms with Gasteiger partial charge in [-0.3, -0.25) is 0 Å². The zero-order valence-corrected chi connectivity index (χ0v) is 11.8. The lowest BCUT2D eigenvalue weighted by Crippen LogP contribution is -2.13. The number of carboxylic acid groups (broad SMARTS) is 1. The van der Waals surface area contributed by atoms with Crippen LogP contribution in [0.3, 0.4) is 0 Å². The van der Waals surface area contributed by atoms with E-state index in [0.717, 1.165) is 5.92 Å². The Bertz CT molecular complexity index is 400. The maximum atomic E-state index is 10.8. The number of benzene rings is 1. The molecule has 0 unspecified atom stereocenters. The molecule has 0 heterocycles. The zero-order valence-electron chi connectivity index (χ0n) is 11.8. The van der Waals surface area contributed by atoms with Crippen molar-refractivity contribution in [3.05, 3.63) is 35.4 Å². The van der Waals surface area contributed by atoms with Gasteiger partial charge in [-0.05, 0) is 55.2 Å². The number of hydrogen-bond acceptors (Lipinski definition) is 1. The van der Waals surface area contributed by atoms with Gasteiger partial charge in [0.25, 0.3) is 0 Å². The molecule has 1 aliphatic carbocycles. The summed E-state index contributed by atoms with van der Waals surface area (Å²) in [6.07, 6.45) is 9.26. The molecule has 1 aliphatic rings. The van der Waals surface area contributed by atoms with Gasteiger partial charge in [-0.1, -0.05) is 38.3 Å². The minimum Gasteiger partial charge on any atom is -0.478 e. The Morgan fingerprint density at radius 3 is 2.32 bits per heavy atom. The lowest BCUT2D eigenvalue weighted by Gasteiger charge is -2.28. The first-order valence-electron chi connectivity index (χ1n) is 7.54. The Morgan fingerprint density at radius 2 is 1.79 bits per heavy atom. The number of aromatic carboxylic acids is 1. The smallest absolute Gasteiger partial charge is 0.335 e. The Morgan fingerprint density at radius 1 is 1.16 bits per heavy atom. The molecule has 1 aromatic rings. The van der Waals surface area contributed by atoms with E-state index in [4.69, 9.17) is 5.11 Å². The van der Waals surface area contributed by atoms with Gasteiger partial charge in [-0.2, -0.15) is 0 Å². The molecule has 0 bridgehead atoms. The van der Waals surface area contributed by atoms with E-state index >= 15 is 0 Å². The topological polar surface area (TPSA) is 37.3 Å². The third kappa shape index (κ3) is 3.82.